The van der Waals surface area contributed by atoms with Gasteiger partial charge in [0.2, 0.25) is 0 Å². The fourth-order valence-corrected chi connectivity index (χ4v) is 3.72. The van der Waals surface area contributed by atoms with Crippen LogP contribution in [0.5, 0.6) is 0 Å². The summed E-state index contributed by atoms with van der Waals surface area (Å²) in [4.78, 5) is 14.0. The summed E-state index contributed by atoms with van der Waals surface area (Å²) in [6.07, 6.45) is 5.49. The maximum atomic E-state index is 4.80. The molecule has 0 aliphatic heterocycles. The summed E-state index contributed by atoms with van der Waals surface area (Å²) in [7, 11) is 9.53. The molecule has 0 saturated carbocycles. The monoisotopic (exact) mass is 543 g/mol. The van der Waals surface area contributed by atoms with E-state index in [0.717, 1.165) is 11.4 Å². The maximum absolute atomic E-state index is 4.80. The molecule has 2 aromatic rings. The Balaban J connectivity index is 0.00000182. The van der Waals surface area contributed by atoms with Gasteiger partial charge in [-0.25, -0.2) is 0 Å². The Labute approximate surface area is 221 Å². The molecular weight excluding hydrogens is 505 g/mol. The molecular formula is C28H39Cl2FeN3. The van der Waals surface area contributed by atoms with Gasteiger partial charge in [-0.3, -0.25) is 15.0 Å². The first-order chi connectivity index (χ1) is 16.1. The molecule has 0 amide bonds. The second-order valence-electron chi connectivity index (χ2n) is 9.34. The van der Waals surface area contributed by atoms with Crippen molar-refractivity contribution in [2.45, 2.75) is 79.1 Å². The van der Waals surface area contributed by atoms with Crippen LogP contribution < -0.4 is 0 Å². The molecule has 0 fully saturated rings. The number of aliphatic imine (C=N–C) groups is 3. The van der Waals surface area contributed by atoms with Gasteiger partial charge in [-0.15, -0.1) is 0 Å². The summed E-state index contributed by atoms with van der Waals surface area (Å²) in [5.74, 6) is 1.76. The predicted octanol–water partition coefficient (Wildman–Crippen LogP) is 9.73. The molecule has 0 heterocycles. The molecule has 0 aliphatic carbocycles. The van der Waals surface area contributed by atoms with Gasteiger partial charge in [0.25, 0.3) is 0 Å². The average Bonchev–Trinajstić information content (AvgIpc) is 2.78. The van der Waals surface area contributed by atoms with Crippen molar-refractivity contribution in [2.24, 2.45) is 15.0 Å². The van der Waals surface area contributed by atoms with Crippen molar-refractivity contribution in [3.63, 3.8) is 0 Å². The zero-order valence-electron chi connectivity index (χ0n) is 21.7. The van der Waals surface area contributed by atoms with E-state index in [1.807, 2.05) is 12.4 Å². The van der Waals surface area contributed by atoms with E-state index in [1.165, 1.54) is 22.3 Å². The molecule has 0 atom stereocenters. The Morgan fingerprint density at radius 2 is 1.00 bits per heavy atom. The summed E-state index contributed by atoms with van der Waals surface area (Å²) in [5, 5.41) is 0. The number of para-hydroxylation sites is 2. The first-order valence-electron chi connectivity index (χ1n) is 11.8. The summed E-state index contributed by atoms with van der Waals surface area (Å²) in [5.41, 5.74) is 7.33. The topological polar surface area (TPSA) is 37.1 Å². The normalized spacial score (nSPS) is 12.3. The third kappa shape index (κ3) is 9.66. The summed E-state index contributed by atoms with van der Waals surface area (Å²) >= 11 is 0.194. The Morgan fingerprint density at radius 3 is 1.35 bits per heavy atom. The number of rotatable bonds is 9. The second kappa shape index (κ2) is 16.3. The first-order valence-corrected chi connectivity index (χ1v) is 14.8. The van der Waals surface area contributed by atoms with Crippen molar-refractivity contribution in [3.05, 3.63) is 58.7 Å². The quantitative estimate of drug-likeness (QED) is 0.223. The molecule has 2 rings (SSSR count). The number of hydrogen-bond acceptors (Lipinski definition) is 3. The van der Waals surface area contributed by atoms with Crippen LogP contribution >= 0.6 is 20.2 Å². The van der Waals surface area contributed by atoms with Gasteiger partial charge in [0.1, 0.15) is 0 Å². The average molecular weight is 544 g/mol. The third-order valence-electron chi connectivity index (χ3n) is 5.47. The van der Waals surface area contributed by atoms with Gasteiger partial charge in [-0.2, -0.15) is 0 Å². The van der Waals surface area contributed by atoms with Gasteiger partial charge >= 0.3 is 33.3 Å². The van der Waals surface area contributed by atoms with E-state index in [0.29, 0.717) is 30.2 Å². The molecule has 0 aromatic heterocycles. The first kappa shape index (κ1) is 30.6. The number of nitrogens with zero attached hydrogens (tertiary/aromatic N) is 3. The molecule has 0 bridgehead atoms. The number of hydrogen-bond donors (Lipinski definition) is 0. The third-order valence-corrected chi connectivity index (χ3v) is 5.47. The van der Waals surface area contributed by atoms with Gasteiger partial charge in [0.15, 0.2) is 0 Å². The summed E-state index contributed by atoms with van der Waals surface area (Å²) in [6, 6.07) is 13.0. The van der Waals surface area contributed by atoms with E-state index in [4.69, 9.17) is 30.2 Å². The minimum absolute atomic E-state index is 0.194. The fourth-order valence-electron chi connectivity index (χ4n) is 3.72. The van der Waals surface area contributed by atoms with Crippen molar-refractivity contribution in [1.29, 1.82) is 0 Å². The van der Waals surface area contributed by atoms with Crippen molar-refractivity contribution < 1.29 is 13.1 Å². The van der Waals surface area contributed by atoms with Gasteiger partial charge in [-0.1, -0.05) is 91.8 Å². The molecule has 0 radical (unpaired) electrons. The molecule has 3 nitrogen and oxygen atoms in total. The van der Waals surface area contributed by atoms with Crippen LogP contribution in [0.1, 0.15) is 101 Å². The van der Waals surface area contributed by atoms with E-state index < -0.39 is 0 Å². The van der Waals surface area contributed by atoms with Crippen LogP contribution in [0.2, 0.25) is 0 Å². The SMILES string of the molecule is CC(C)c1cccc(C(C)C)c1N=CC=NCC=Nc1c(C(C)C)cccc1C(C)C.[Cl][Fe][Cl]. The van der Waals surface area contributed by atoms with E-state index >= 15 is 0 Å². The fraction of sp³-hybridized carbons (Fsp3) is 0.464. The molecule has 0 spiro atoms. The van der Waals surface area contributed by atoms with E-state index in [9.17, 15) is 0 Å². The van der Waals surface area contributed by atoms with Crippen LogP contribution in [0.4, 0.5) is 11.4 Å². The minimum atomic E-state index is 0.194. The van der Waals surface area contributed by atoms with Crippen molar-refractivity contribution in [2.75, 3.05) is 6.54 Å². The Hall–Kier alpha value is -1.45. The summed E-state index contributed by atoms with van der Waals surface area (Å²) in [6.45, 7) is 18.3. The molecule has 188 valence electrons. The zero-order valence-corrected chi connectivity index (χ0v) is 24.3. The van der Waals surface area contributed by atoms with Gasteiger partial charge < -0.3 is 0 Å². The van der Waals surface area contributed by atoms with Gasteiger partial charge in [-0.05, 0) is 45.9 Å². The molecule has 34 heavy (non-hydrogen) atoms. The van der Waals surface area contributed by atoms with Crippen molar-refractivity contribution >= 4 is 50.2 Å². The second-order valence-corrected chi connectivity index (χ2v) is 11.2. The molecule has 0 saturated heterocycles. The van der Waals surface area contributed by atoms with Crippen LogP contribution in [0, 0.1) is 0 Å². The van der Waals surface area contributed by atoms with Gasteiger partial charge in [0.05, 0.1) is 17.9 Å². The number of halogens is 2. The number of benzene rings is 2. The predicted molar refractivity (Wildman–Crippen MR) is 151 cm³/mol. The summed E-state index contributed by atoms with van der Waals surface area (Å²) < 4.78 is 0. The van der Waals surface area contributed by atoms with Crippen LogP contribution in [0.25, 0.3) is 0 Å². The molecule has 6 heteroatoms. The van der Waals surface area contributed by atoms with Crippen LogP contribution in [0.15, 0.2) is 51.4 Å². The Morgan fingerprint density at radius 1 is 0.647 bits per heavy atom. The van der Waals surface area contributed by atoms with Crippen LogP contribution in [-0.2, 0) is 13.1 Å². The standard InChI is InChI=1S/C28H39N3.2ClH.Fe/c1-19(2)23-11-9-12-24(20(3)4)27(23)30-17-15-29-16-18-31-28-25(21(5)6)13-10-14-26(28)22(7)8;;;/h9-15,17-22H,16H2,1-8H3;2*1H;/q;;;+2/p-2. The molecule has 0 N–H and O–H groups in total. The molecule has 2 aromatic carbocycles. The van der Waals surface area contributed by atoms with E-state index in [1.54, 1.807) is 6.21 Å². The molecule has 0 aliphatic rings. The van der Waals surface area contributed by atoms with Gasteiger partial charge in [0, 0.05) is 18.6 Å². The van der Waals surface area contributed by atoms with E-state index in [-0.39, 0.29) is 13.1 Å². The van der Waals surface area contributed by atoms with Crippen molar-refractivity contribution in [3.8, 4) is 0 Å². The Kier molecular flexibility index (Phi) is 14.6. The molecule has 0 unspecified atom stereocenters. The Bertz CT molecular complexity index is 912. The van der Waals surface area contributed by atoms with Crippen LogP contribution in [-0.4, -0.2) is 25.2 Å². The van der Waals surface area contributed by atoms with Crippen LogP contribution in [0.3, 0.4) is 0 Å². The zero-order chi connectivity index (χ0) is 25.7. The van der Waals surface area contributed by atoms with E-state index in [2.05, 4.69) is 96.8 Å². The van der Waals surface area contributed by atoms with Crippen molar-refractivity contribution in [1.82, 2.24) is 0 Å².